The topological polar surface area (TPSA) is 316 Å². The van der Waals surface area contributed by atoms with Gasteiger partial charge in [-0.2, -0.15) is 0 Å². The number of rotatable bonds is 18. The van der Waals surface area contributed by atoms with Gasteiger partial charge >= 0.3 is 11.9 Å². The average Bonchev–Trinajstić information content (AvgIpc) is 2.88. The number of nitrogens with one attached hydrogen (secondary N) is 3. The maximum atomic E-state index is 13.2. The first kappa shape index (κ1) is 34.1. The molecular formula is C24H36N8O9. The molecule has 0 saturated carbocycles. The van der Waals surface area contributed by atoms with Gasteiger partial charge in [0.1, 0.15) is 23.9 Å². The molecule has 41 heavy (non-hydrogen) atoms. The van der Waals surface area contributed by atoms with Crippen LogP contribution in [-0.2, 0) is 35.2 Å². The maximum absolute atomic E-state index is 13.2. The lowest BCUT2D eigenvalue weighted by Gasteiger charge is -2.25. The Labute approximate surface area is 234 Å². The van der Waals surface area contributed by atoms with Gasteiger partial charge in [-0.25, -0.2) is 4.79 Å². The summed E-state index contributed by atoms with van der Waals surface area (Å²) in [5.41, 5.74) is 21.9. The lowest BCUT2D eigenvalue weighted by Crippen LogP contribution is -2.58. The largest absolute Gasteiger partial charge is 0.508 e. The van der Waals surface area contributed by atoms with Crippen LogP contribution in [0.3, 0.4) is 0 Å². The van der Waals surface area contributed by atoms with Crippen molar-refractivity contribution in [2.75, 3.05) is 6.54 Å². The maximum Gasteiger partial charge on any atom is 0.326 e. The number of nitrogens with zero attached hydrogens (tertiary/aromatic N) is 1. The van der Waals surface area contributed by atoms with Crippen molar-refractivity contribution >= 4 is 41.5 Å². The molecule has 226 valence electrons. The van der Waals surface area contributed by atoms with E-state index in [1.807, 2.05) is 0 Å². The number of phenols is 1. The summed E-state index contributed by atoms with van der Waals surface area (Å²) in [5.74, 6) is -6.73. The van der Waals surface area contributed by atoms with Crippen molar-refractivity contribution in [1.82, 2.24) is 16.0 Å². The molecule has 0 aliphatic carbocycles. The Kier molecular flexibility index (Phi) is 14.1. The molecule has 0 heterocycles. The molecule has 14 N–H and O–H groups in total. The summed E-state index contributed by atoms with van der Waals surface area (Å²) in [6, 6.07) is -0.120. The van der Waals surface area contributed by atoms with Crippen molar-refractivity contribution in [1.29, 1.82) is 0 Å². The lowest BCUT2D eigenvalue weighted by atomic mass is 10.0. The zero-order valence-corrected chi connectivity index (χ0v) is 22.1. The van der Waals surface area contributed by atoms with Gasteiger partial charge in [-0.3, -0.25) is 29.0 Å². The highest BCUT2D eigenvalue weighted by atomic mass is 16.4. The van der Waals surface area contributed by atoms with E-state index in [2.05, 4.69) is 20.9 Å². The Bertz CT molecular complexity index is 1120. The molecule has 17 heteroatoms. The van der Waals surface area contributed by atoms with Crippen molar-refractivity contribution in [2.45, 2.75) is 62.7 Å². The molecule has 17 nitrogen and oxygen atoms in total. The van der Waals surface area contributed by atoms with Crippen LogP contribution < -0.4 is 38.9 Å². The predicted molar refractivity (Wildman–Crippen MR) is 144 cm³/mol. The number of hydrogen-bond acceptors (Lipinski definition) is 9. The third-order valence-corrected chi connectivity index (χ3v) is 5.61. The fourth-order valence-corrected chi connectivity index (χ4v) is 3.49. The van der Waals surface area contributed by atoms with E-state index in [1.54, 1.807) is 0 Å². The Balaban J connectivity index is 3.13. The van der Waals surface area contributed by atoms with Crippen molar-refractivity contribution in [3.8, 4) is 5.75 Å². The van der Waals surface area contributed by atoms with E-state index in [0.29, 0.717) is 12.0 Å². The molecule has 1 aromatic carbocycles. The van der Waals surface area contributed by atoms with E-state index in [0.717, 1.165) is 0 Å². The molecule has 1 aromatic rings. The van der Waals surface area contributed by atoms with Crippen LogP contribution in [-0.4, -0.2) is 87.6 Å². The molecular weight excluding hydrogens is 544 g/mol. The number of aromatic hydroxyl groups is 1. The first-order valence-corrected chi connectivity index (χ1v) is 12.4. The summed E-state index contributed by atoms with van der Waals surface area (Å²) < 4.78 is 0. The summed E-state index contributed by atoms with van der Waals surface area (Å²) in [6.45, 7) is 0.202. The number of carbonyl (C=O) groups excluding carboxylic acids is 4. The van der Waals surface area contributed by atoms with Crippen molar-refractivity contribution in [2.24, 2.45) is 27.9 Å². The number of amides is 4. The van der Waals surface area contributed by atoms with E-state index < -0.39 is 72.6 Å². The molecule has 4 atom stereocenters. The smallest absolute Gasteiger partial charge is 0.326 e. The van der Waals surface area contributed by atoms with Gasteiger partial charge in [0.05, 0.1) is 12.5 Å². The molecule has 0 bridgehead atoms. The second-order valence-corrected chi connectivity index (χ2v) is 9.05. The van der Waals surface area contributed by atoms with E-state index >= 15 is 0 Å². The van der Waals surface area contributed by atoms with E-state index in [9.17, 15) is 39.0 Å². The number of guanidine groups is 1. The lowest BCUT2D eigenvalue weighted by molar-refractivity contribution is -0.143. The fourth-order valence-electron chi connectivity index (χ4n) is 3.49. The van der Waals surface area contributed by atoms with Crippen LogP contribution in [0.5, 0.6) is 5.75 Å². The minimum absolute atomic E-state index is 0.0720. The van der Waals surface area contributed by atoms with Gasteiger partial charge in [0, 0.05) is 19.4 Å². The van der Waals surface area contributed by atoms with E-state index in [1.165, 1.54) is 24.3 Å². The fraction of sp³-hybridized carbons (Fsp3) is 0.458. The van der Waals surface area contributed by atoms with Crippen LogP contribution in [0, 0.1) is 0 Å². The van der Waals surface area contributed by atoms with Crippen LogP contribution in [0.25, 0.3) is 0 Å². The van der Waals surface area contributed by atoms with Crippen molar-refractivity contribution in [3.05, 3.63) is 29.8 Å². The number of carboxylic acids is 2. The second kappa shape index (κ2) is 16.9. The van der Waals surface area contributed by atoms with Crippen LogP contribution in [0.2, 0.25) is 0 Å². The van der Waals surface area contributed by atoms with E-state index in [-0.39, 0.29) is 37.5 Å². The summed E-state index contributed by atoms with van der Waals surface area (Å²) >= 11 is 0. The Morgan fingerprint density at radius 2 is 1.37 bits per heavy atom. The van der Waals surface area contributed by atoms with Gasteiger partial charge in [-0.15, -0.1) is 0 Å². The third kappa shape index (κ3) is 13.6. The number of primary amides is 1. The normalized spacial score (nSPS) is 13.5. The first-order chi connectivity index (χ1) is 19.2. The number of aliphatic imine (C=N–C) groups is 1. The molecule has 0 saturated heterocycles. The van der Waals surface area contributed by atoms with Gasteiger partial charge in [-0.05, 0) is 37.0 Å². The number of aliphatic carboxylic acids is 2. The highest BCUT2D eigenvalue weighted by Crippen LogP contribution is 2.12. The zero-order valence-electron chi connectivity index (χ0n) is 22.1. The Hall–Kier alpha value is -4.93. The number of carboxylic acid groups (broad SMARTS) is 2. The molecule has 0 radical (unpaired) electrons. The zero-order chi connectivity index (χ0) is 31.1. The molecule has 0 aliphatic heterocycles. The monoisotopic (exact) mass is 580 g/mol. The second-order valence-electron chi connectivity index (χ2n) is 9.05. The molecule has 4 unspecified atom stereocenters. The van der Waals surface area contributed by atoms with Crippen molar-refractivity contribution in [3.63, 3.8) is 0 Å². The van der Waals surface area contributed by atoms with Gasteiger partial charge in [0.2, 0.25) is 23.6 Å². The minimum atomic E-state index is -1.70. The van der Waals surface area contributed by atoms with Crippen LogP contribution in [0.4, 0.5) is 0 Å². The molecule has 0 spiro atoms. The SMILES string of the molecule is NC(=O)CC(NC(=O)C(Cc1ccc(O)cc1)NC(=O)C(CCC(=O)O)NC(=O)C(N)CCCN=C(N)N)C(=O)O. The average molecular weight is 581 g/mol. The molecule has 0 fully saturated rings. The number of phenolic OH excluding ortho intramolecular Hbond substituents is 1. The minimum Gasteiger partial charge on any atom is -0.508 e. The van der Waals surface area contributed by atoms with Crippen LogP contribution in [0.1, 0.15) is 37.7 Å². The van der Waals surface area contributed by atoms with Gasteiger partial charge < -0.3 is 54.2 Å². The number of nitrogens with two attached hydrogens (primary N) is 4. The van der Waals surface area contributed by atoms with Gasteiger partial charge in [-0.1, -0.05) is 12.1 Å². The summed E-state index contributed by atoms with van der Waals surface area (Å²) in [5, 5.41) is 34.9. The molecule has 0 aromatic heterocycles. The quantitative estimate of drug-likeness (QED) is 0.0461. The standard InChI is InChI=1S/C24H36N8O9/c25-14(2-1-9-29-24(27)28)20(37)30-15(7-8-19(35)36)21(38)31-16(10-12-3-5-13(33)6-4-12)22(39)32-17(23(40)41)11-18(26)34/h3-6,14-17,33H,1-2,7-11,25H2,(H2,26,34)(H,30,37)(H,31,38)(H,32,39)(H,35,36)(H,40,41)(H4,27,28,29). The highest BCUT2D eigenvalue weighted by molar-refractivity contribution is 5.95. The van der Waals surface area contributed by atoms with E-state index in [4.69, 9.17) is 28.0 Å². The van der Waals surface area contributed by atoms with Crippen LogP contribution >= 0.6 is 0 Å². The third-order valence-electron chi connectivity index (χ3n) is 5.61. The highest BCUT2D eigenvalue weighted by Gasteiger charge is 2.31. The number of hydrogen-bond donors (Lipinski definition) is 10. The summed E-state index contributed by atoms with van der Waals surface area (Å²) in [7, 11) is 0. The summed E-state index contributed by atoms with van der Waals surface area (Å²) in [4.78, 5) is 76.6. The molecule has 4 amide bonds. The summed E-state index contributed by atoms with van der Waals surface area (Å²) in [6.07, 6.45) is -1.33. The number of carbonyl (C=O) groups is 6. The predicted octanol–water partition coefficient (Wildman–Crippen LogP) is -3.41. The molecule has 0 aliphatic rings. The van der Waals surface area contributed by atoms with Crippen LogP contribution in [0.15, 0.2) is 29.3 Å². The van der Waals surface area contributed by atoms with Crippen molar-refractivity contribution < 1.29 is 44.1 Å². The molecule has 1 rings (SSSR count). The Morgan fingerprint density at radius 3 is 1.90 bits per heavy atom. The first-order valence-electron chi connectivity index (χ1n) is 12.4. The van der Waals surface area contributed by atoms with Gasteiger partial charge in [0.25, 0.3) is 0 Å². The van der Waals surface area contributed by atoms with Gasteiger partial charge in [0.15, 0.2) is 5.96 Å². The Morgan fingerprint density at radius 1 is 0.805 bits per heavy atom. The number of benzene rings is 1.